The highest BCUT2D eigenvalue weighted by molar-refractivity contribution is 7.17. The third-order valence-electron chi connectivity index (χ3n) is 7.30. The molecule has 212 valence electrons. The lowest BCUT2D eigenvalue weighted by atomic mass is 9.85. The zero-order chi connectivity index (χ0) is 29.8. The van der Waals surface area contributed by atoms with Crippen LogP contribution >= 0.6 is 11.3 Å². The third-order valence-corrected chi connectivity index (χ3v) is 8.43. The lowest BCUT2D eigenvalue weighted by molar-refractivity contribution is -0.132. The minimum atomic E-state index is -0.991. The first-order valence-corrected chi connectivity index (χ1v) is 14.2. The average Bonchev–Trinajstić information content (AvgIpc) is 3.55. The van der Waals surface area contributed by atoms with Crippen molar-refractivity contribution in [3.8, 4) is 0 Å². The van der Waals surface area contributed by atoms with Crippen molar-refractivity contribution in [2.24, 2.45) is 0 Å². The van der Waals surface area contributed by atoms with E-state index in [-0.39, 0.29) is 39.1 Å². The molecule has 4 aromatic rings. The van der Waals surface area contributed by atoms with Gasteiger partial charge in [0.15, 0.2) is 10.9 Å². The fourth-order valence-electron chi connectivity index (χ4n) is 5.06. The van der Waals surface area contributed by atoms with Crippen LogP contribution in [0.4, 0.5) is 5.13 Å². The molecule has 1 saturated heterocycles. The van der Waals surface area contributed by atoms with Crippen LogP contribution in [0, 0.1) is 20.8 Å². The number of ketones is 1. The summed E-state index contributed by atoms with van der Waals surface area (Å²) in [6, 6.07) is 10.4. The van der Waals surface area contributed by atoms with Gasteiger partial charge in [0, 0.05) is 6.20 Å². The van der Waals surface area contributed by atoms with Gasteiger partial charge in [-0.3, -0.25) is 14.5 Å². The van der Waals surface area contributed by atoms with E-state index in [4.69, 9.17) is 4.74 Å². The summed E-state index contributed by atoms with van der Waals surface area (Å²) in [5.41, 5.74) is 4.25. The number of aliphatic hydroxyl groups excluding tert-OH is 1. The second kappa shape index (κ2) is 10.3. The van der Waals surface area contributed by atoms with Gasteiger partial charge in [0.25, 0.3) is 5.78 Å². The number of amides is 1. The number of anilines is 1. The molecule has 0 radical (unpaired) electrons. The number of carbonyl (C=O) groups is 3. The fraction of sp³-hybridized carbons (Fsp3) is 0.323. The Morgan fingerprint density at radius 2 is 1.76 bits per heavy atom. The molecular formula is C31H32N4O5S. The van der Waals surface area contributed by atoms with Gasteiger partial charge in [-0.2, -0.15) is 0 Å². The van der Waals surface area contributed by atoms with Crippen LogP contribution < -0.4 is 4.90 Å². The number of ether oxygens (including phenoxy) is 1. The Labute approximate surface area is 242 Å². The molecule has 41 heavy (non-hydrogen) atoms. The third kappa shape index (κ3) is 4.72. The van der Waals surface area contributed by atoms with E-state index in [0.29, 0.717) is 22.6 Å². The summed E-state index contributed by atoms with van der Waals surface area (Å²) in [5.74, 6) is -2.62. The molecule has 0 bridgehead atoms. The van der Waals surface area contributed by atoms with Crippen molar-refractivity contribution in [2.45, 2.75) is 59.9 Å². The monoisotopic (exact) mass is 572 g/mol. The zero-order valence-electron chi connectivity index (χ0n) is 24.1. The Balaban J connectivity index is 1.73. The van der Waals surface area contributed by atoms with Gasteiger partial charge in [-0.05, 0) is 55.9 Å². The van der Waals surface area contributed by atoms with Crippen molar-refractivity contribution in [1.82, 2.24) is 14.4 Å². The van der Waals surface area contributed by atoms with Crippen molar-refractivity contribution < 1.29 is 24.2 Å². The first-order valence-electron chi connectivity index (χ1n) is 13.4. The number of nitrogens with zero attached hydrogens (tertiary/aromatic N) is 4. The Morgan fingerprint density at radius 1 is 1.07 bits per heavy atom. The van der Waals surface area contributed by atoms with Gasteiger partial charge in [0.1, 0.15) is 16.2 Å². The molecule has 1 atom stereocenters. The number of pyridine rings is 1. The van der Waals surface area contributed by atoms with Crippen molar-refractivity contribution in [3.63, 3.8) is 0 Å². The predicted molar refractivity (Wildman–Crippen MR) is 157 cm³/mol. The van der Waals surface area contributed by atoms with Crippen molar-refractivity contribution >= 4 is 45.5 Å². The summed E-state index contributed by atoms with van der Waals surface area (Å²) >= 11 is 0.978. The fourth-order valence-corrected chi connectivity index (χ4v) is 6.04. The lowest BCUT2D eigenvalue weighted by Crippen LogP contribution is -2.29. The number of rotatable bonds is 5. The van der Waals surface area contributed by atoms with Gasteiger partial charge in [0.2, 0.25) is 0 Å². The zero-order valence-corrected chi connectivity index (χ0v) is 24.9. The van der Waals surface area contributed by atoms with E-state index < -0.39 is 23.7 Å². The van der Waals surface area contributed by atoms with Crippen LogP contribution in [0.25, 0.3) is 11.4 Å². The number of benzene rings is 1. The quantitative estimate of drug-likeness (QED) is 0.139. The van der Waals surface area contributed by atoms with Crippen LogP contribution in [0.5, 0.6) is 0 Å². The standard InChI is InChI=1S/C31H32N4O5S/c1-8-40-29(39)26-17(3)32-30(41-26)35-23(19-11-13-20(14-12-19)31(5,6)7)21(25(37)28(35)38)24(36)22-18(4)34-15-9-10-16(2)27(34)33-22/h9-15,23,36H,8H2,1-7H3. The van der Waals surface area contributed by atoms with E-state index >= 15 is 0 Å². The van der Waals surface area contributed by atoms with Crippen LogP contribution in [0.1, 0.15) is 77.2 Å². The minimum Gasteiger partial charge on any atom is -0.505 e. The molecule has 10 heteroatoms. The van der Waals surface area contributed by atoms with Gasteiger partial charge in [-0.25, -0.2) is 14.8 Å². The van der Waals surface area contributed by atoms with Crippen LogP contribution in [0.2, 0.25) is 0 Å². The first kappa shape index (κ1) is 28.2. The van der Waals surface area contributed by atoms with E-state index in [0.717, 1.165) is 22.5 Å². The lowest BCUT2D eigenvalue weighted by Gasteiger charge is -2.24. The molecule has 1 unspecified atom stereocenters. The summed E-state index contributed by atoms with van der Waals surface area (Å²) in [4.78, 5) is 50.5. The number of fused-ring (bicyclic) bond motifs is 1. The number of hydrogen-bond acceptors (Lipinski definition) is 8. The maximum atomic E-state index is 13.7. The van der Waals surface area contributed by atoms with Crippen molar-refractivity contribution in [3.05, 3.63) is 86.8 Å². The van der Waals surface area contributed by atoms with Gasteiger partial charge >= 0.3 is 11.9 Å². The van der Waals surface area contributed by atoms with E-state index in [1.807, 2.05) is 53.9 Å². The van der Waals surface area contributed by atoms with Crippen LogP contribution in [0.3, 0.4) is 0 Å². The highest BCUT2D eigenvalue weighted by atomic mass is 32.1. The molecule has 1 aliphatic heterocycles. The van der Waals surface area contributed by atoms with Gasteiger partial charge in [-0.15, -0.1) is 0 Å². The van der Waals surface area contributed by atoms with Crippen LogP contribution in [0.15, 0.2) is 48.2 Å². The van der Waals surface area contributed by atoms with E-state index in [9.17, 15) is 19.5 Å². The predicted octanol–water partition coefficient (Wildman–Crippen LogP) is 5.82. The molecular weight excluding hydrogens is 540 g/mol. The number of hydrogen-bond donors (Lipinski definition) is 1. The molecule has 5 rings (SSSR count). The average molecular weight is 573 g/mol. The highest BCUT2D eigenvalue weighted by Crippen LogP contribution is 2.44. The minimum absolute atomic E-state index is 0.0896. The van der Waals surface area contributed by atoms with E-state index in [1.54, 1.807) is 20.8 Å². The molecule has 1 amide bonds. The first-order chi connectivity index (χ1) is 19.3. The molecule has 1 aliphatic rings. The maximum Gasteiger partial charge on any atom is 0.350 e. The second-order valence-electron chi connectivity index (χ2n) is 11.1. The van der Waals surface area contributed by atoms with Gasteiger partial charge < -0.3 is 14.2 Å². The number of Topliss-reactive ketones (excluding diaryl/α,β-unsaturated/α-hetero) is 1. The Bertz CT molecular complexity index is 1740. The molecule has 1 N–H and O–H groups in total. The highest BCUT2D eigenvalue weighted by Gasteiger charge is 2.49. The van der Waals surface area contributed by atoms with Gasteiger partial charge in [0.05, 0.1) is 29.6 Å². The van der Waals surface area contributed by atoms with E-state index in [2.05, 4.69) is 30.7 Å². The Hall–Kier alpha value is -4.31. The molecule has 0 saturated carbocycles. The number of imidazole rings is 1. The van der Waals surface area contributed by atoms with Crippen molar-refractivity contribution in [1.29, 1.82) is 0 Å². The van der Waals surface area contributed by atoms with Crippen LogP contribution in [-0.4, -0.2) is 43.7 Å². The Morgan fingerprint density at radius 3 is 2.37 bits per heavy atom. The van der Waals surface area contributed by atoms with Crippen molar-refractivity contribution in [2.75, 3.05) is 11.5 Å². The number of aromatic nitrogens is 3. The van der Waals surface area contributed by atoms with E-state index in [1.165, 1.54) is 4.90 Å². The van der Waals surface area contributed by atoms with Gasteiger partial charge in [-0.1, -0.05) is 62.4 Å². The summed E-state index contributed by atoms with van der Waals surface area (Å²) in [7, 11) is 0. The molecule has 9 nitrogen and oxygen atoms in total. The number of thiazole rings is 1. The number of carbonyl (C=O) groups excluding carboxylic acids is 3. The topological polar surface area (TPSA) is 114 Å². The smallest absolute Gasteiger partial charge is 0.350 e. The molecule has 1 aromatic carbocycles. The molecule has 4 heterocycles. The summed E-state index contributed by atoms with van der Waals surface area (Å²) in [6.45, 7) is 13.5. The number of esters is 1. The number of aryl methyl sites for hydroxylation is 3. The molecule has 1 fully saturated rings. The summed E-state index contributed by atoms with van der Waals surface area (Å²) in [6.07, 6.45) is 1.83. The largest absolute Gasteiger partial charge is 0.505 e. The molecule has 0 aliphatic carbocycles. The normalized spacial score (nSPS) is 17.0. The summed E-state index contributed by atoms with van der Waals surface area (Å²) in [5, 5.41) is 11.9. The Kier molecular flexibility index (Phi) is 7.07. The molecule has 0 spiro atoms. The maximum absolute atomic E-state index is 13.7. The number of aliphatic hydroxyl groups is 1. The molecule has 3 aromatic heterocycles. The second-order valence-corrected chi connectivity index (χ2v) is 12.1. The SMILES string of the molecule is CCOC(=O)c1sc(N2C(=O)C(=O)C(=C(O)c3nc4c(C)cccn4c3C)C2c2ccc(C(C)(C)C)cc2)nc1C. The summed E-state index contributed by atoms with van der Waals surface area (Å²) < 4.78 is 7.00. The van der Waals surface area contributed by atoms with Crippen LogP contribution in [-0.2, 0) is 19.7 Å².